The summed E-state index contributed by atoms with van der Waals surface area (Å²) in [7, 11) is 0.536. The van der Waals surface area contributed by atoms with Gasteiger partial charge in [0.25, 0.3) is 0 Å². The largest absolute Gasteiger partial charge is 0.490 e. The van der Waals surface area contributed by atoms with Crippen molar-refractivity contribution in [3.8, 4) is 0 Å². The Morgan fingerprint density at radius 3 is 2.83 bits per heavy atom. The van der Waals surface area contributed by atoms with Crippen LogP contribution in [0.2, 0.25) is 5.28 Å². The number of imidazole rings is 1. The second kappa shape index (κ2) is 10.7. The zero-order valence-corrected chi connectivity index (χ0v) is 21.1. The number of nitrogens with one attached hydrogen (secondary N) is 1. The molecule has 2 aromatic heterocycles. The van der Waals surface area contributed by atoms with Gasteiger partial charge in [-0.2, -0.15) is 9.97 Å². The number of hydrogen-bond acceptors (Lipinski definition) is 11. The Hall–Kier alpha value is -2.34. The molecule has 4 heterocycles. The fourth-order valence-corrected chi connectivity index (χ4v) is 4.91. The SMILES string of the molecule is CCNc1nc(Cl)nc2c1ncn2[C@@H]1O[C@H](COC2(OC(=O)CC)P=CC=C2OCC)[C@@H](O)[C@H]1O. The van der Waals surface area contributed by atoms with Crippen LogP contribution in [-0.2, 0) is 23.7 Å². The Morgan fingerprint density at radius 1 is 1.31 bits per heavy atom. The summed E-state index contributed by atoms with van der Waals surface area (Å²) >= 11 is 6.08. The monoisotopic (exact) mass is 527 g/mol. The molecular formula is C21H27ClN5O7P. The number of carbonyl (C=O) groups is 1. The minimum Gasteiger partial charge on any atom is -0.490 e. The number of esters is 1. The quantitative estimate of drug-likeness (QED) is 0.180. The maximum absolute atomic E-state index is 12.1. The van der Waals surface area contributed by atoms with Crippen molar-refractivity contribution in [1.29, 1.82) is 0 Å². The number of hydrogen-bond donors (Lipinski definition) is 3. The number of allylic oxidation sites excluding steroid dienone is 1. The standard InChI is InChI=1S/C21H27ClN5O7P/c1-4-13(28)34-21(12(31-6-3)7-8-35-21)32-9-11-15(29)16(30)19(33-11)27-10-24-14-17(23-5-2)25-20(22)26-18(14)27/h7-8,10-11,15-16,19,29-30H,4-6,9H2,1-3H3,(H,23,25,26)/t11-,15-,16-,19-,21?/m1/s1. The molecule has 2 aliphatic heterocycles. The van der Waals surface area contributed by atoms with Crippen LogP contribution < -0.4 is 5.32 Å². The first-order valence-electron chi connectivity index (χ1n) is 11.2. The number of nitrogens with zero attached hydrogens (tertiary/aromatic N) is 4. The highest BCUT2D eigenvalue weighted by Crippen LogP contribution is 2.41. The van der Waals surface area contributed by atoms with Crippen LogP contribution in [0, 0.1) is 0 Å². The molecule has 0 bridgehead atoms. The summed E-state index contributed by atoms with van der Waals surface area (Å²) in [4.78, 5) is 24.8. The normalized spacial score (nSPS) is 28.3. The lowest BCUT2D eigenvalue weighted by Gasteiger charge is -2.30. The van der Waals surface area contributed by atoms with E-state index in [4.69, 9.17) is 30.5 Å². The second-order valence-corrected chi connectivity index (χ2v) is 9.19. The molecule has 1 unspecified atom stereocenters. The predicted molar refractivity (Wildman–Crippen MR) is 128 cm³/mol. The van der Waals surface area contributed by atoms with Crippen LogP contribution in [-0.4, -0.2) is 85.1 Å². The van der Waals surface area contributed by atoms with Crippen molar-refractivity contribution in [3.05, 3.63) is 23.4 Å². The first-order valence-corrected chi connectivity index (χ1v) is 12.6. The Kier molecular flexibility index (Phi) is 7.89. The summed E-state index contributed by atoms with van der Waals surface area (Å²) in [6, 6.07) is 0. The number of aliphatic hydroxyl groups excluding tert-OH is 2. The van der Waals surface area contributed by atoms with Crippen LogP contribution in [0.4, 0.5) is 5.82 Å². The molecule has 1 saturated heterocycles. The van der Waals surface area contributed by atoms with Gasteiger partial charge in [0.2, 0.25) is 5.28 Å². The molecule has 5 atom stereocenters. The third-order valence-corrected chi connectivity index (χ3v) is 6.66. The summed E-state index contributed by atoms with van der Waals surface area (Å²) in [5.74, 6) is 2.07. The van der Waals surface area contributed by atoms with Crippen LogP contribution in [0.3, 0.4) is 0 Å². The number of aliphatic hydroxyl groups is 2. The van der Waals surface area contributed by atoms with Crippen LogP contribution in [0.5, 0.6) is 0 Å². The first kappa shape index (κ1) is 25.7. The molecule has 4 rings (SSSR count). The summed E-state index contributed by atoms with van der Waals surface area (Å²) in [5.41, 5.74) is -0.714. The average Bonchev–Trinajstić information content (AvgIpc) is 3.50. The molecule has 0 radical (unpaired) electrons. The average molecular weight is 528 g/mol. The molecule has 3 N–H and O–H groups in total. The van der Waals surface area contributed by atoms with Gasteiger partial charge in [0.1, 0.15) is 18.3 Å². The van der Waals surface area contributed by atoms with Gasteiger partial charge in [-0.15, -0.1) is 0 Å². The van der Waals surface area contributed by atoms with Crippen LogP contribution in [0.25, 0.3) is 11.2 Å². The highest BCUT2D eigenvalue weighted by Gasteiger charge is 2.48. The van der Waals surface area contributed by atoms with E-state index in [9.17, 15) is 15.0 Å². The van der Waals surface area contributed by atoms with E-state index in [-0.39, 0.29) is 18.3 Å². The molecule has 0 aliphatic carbocycles. The van der Waals surface area contributed by atoms with E-state index in [1.807, 2.05) is 6.92 Å². The van der Waals surface area contributed by atoms with Gasteiger partial charge in [0.15, 0.2) is 29.0 Å². The maximum atomic E-state index is 12.1. The van der Waals surface area contributed by atoms with Gasteiger partial charge in [0, 0.05) is 13.0 Å². The number of anilines is 1. The van der Waals surface area contributed by atoms with Crippen LogP contribution in [0.1, 0.15) is 33.4 Å². The van der Waals surface area contributed by atoms with Crippen molar-refractivity contribution in [2.24, 2.45) is 0 Å². The molecule has 14 heteroatoms. The zero-order valence-electron chi connectivity index (χ0n) is 19.4. The minimum atomic E-state index is -1.49. The summed E-state index contributed by atoms with van der Waals surface area (Å²) in [6.07, 6.45) is -1.33. The third kappa shape index (κ3) is 5.00. The van der Waals surface area contributed by atoms with Crippen molar-refractivity contribution < 1.29 is 34.0 Å². The van der Waals surface area contributed by atoms with E-state index in [0.29, 0.717) is 44.1 Å². The number of fused-ring (bicyclic) bond motifs is 1. The van der Waals surface area contributed by atoms with Gasteiger partial charge in [-0.1, -0.05) is 6.92 Å². The van der Waals surface area contributed by atoms with E-state index >= 15 is 0 Å². The smallest absolute Gasteiger partial charge is 0.314 e. The Bertz CT molecular complexity index is 1140. The van der Waals surface area contributed by atoms with E-state index in [0.717, 1.165) is 0 Å². The molecule has 0 spiro atoms. The maximum Gasteiger partial charge on any atom is 0.314 e. The fraction of sp³-hybridized carbons (Fsp3) is 0.571. The lowest BCUT2D eigenvalue weighted by molar-refractivity contribution is -0.201. The number of carbonyl (C=O) groups excluding carboxylic acids is 1. The lowest BCUT2D eigenvalue weighted by Crippen LogP contribution is -2.40. The van der Waals surface area contributed by atoms with Crippen molar-refractivity contribution in [1.82, 2.24) is 19.5 Å². The summed E-state index contributed by atoms with van der Waals surface area (Å²) < 4.78 is 24.7. The van der Waals surface area contributed by atoms with Gasteiger partial charge in [-0.3, -0.25) is 9.36 Å². The zero-order chi connectivity index (χ0) is 25.2. The molecule has 0 saturated carbocycles. The number of ether oxygens (including phenoxy) is 4. The molecular weight excluding hydrogens is 501 g/mol. The number of rotatable bonds is 10. The molecule has 35 heavy (non-hydrogen) atoms. The van der Waals surface area contributed by atoms with Crippen molar-refractivity contribution in [2.75, 3.05) is 25.1 Å². The highest BCUT2D eigenvalue weighted by molar-refractivity contribution is 7.41. The highest BCUT2D eigenvalue weighted by atomic mass is 35.5. The first-order chi connectivity index (χ1) is 16.8. The van der Waals surface area contributed by atoms with Crippen molar-refractivity contribution >= 4 is 48.6 Å². The lowest BCUT2D eigenvalue weighted by atomic mass is 10.1. The van der Waals surface area contributed by atoms with Gasteiger partial charge in [-0.25, -0.2) is 4.98 Å². The fourth-order valence-electron chi connectivity index (χ4n) is 3.77. The molecule has 2 aromatic rings. The van der Waals surface area contributed by atoms with E-state index in [1.54, 1.807) is 25.7 Å². The third-order valence-electron chi connectivity index (χ3n) is 5.42. The van der Waals surface area contributed by atoms with Crippen molar-refractivity contribution in [3.63, 3.8) is 0 Å². The number of aromatic nitrogens is 4. The summed E-state index contributed by atoms with van der Waals surface area (Å²) in [5, 5.41) is 24.6. The van der Waals surface area contributed by atoms with Crippen LogP contribution >= 0.6 is 19.8 Å². The van der Waals surface area contributed by atoms with Gasteiger partial charge in [0.05, 0.1) is 19.5 Å². The van der Waals surface area contributed by atoms with Gasteiger partial charge in [-0.05, 0) is 45.5 Å². The Balaban J connectivity index is 1.55. The van der Waals surface area contributed by atoms with E-state index in [2.05, 4.69) is 20.3 Å². The number of halogens is 1. The predicted octanol–water partition coefficient (Wildman–Crippen LogP) is 1.84. The van der Waals surface area contributed by atoms with Gasteiger partial charge < -0.3 is 34.5 Å². The Labute approximate surface area is 208 Å². The topological polar surface area (TPSA) is 150 Å². The van der Waals surface area contributed by atoms with Crippen molar-refractivity contribution in [2.45, 2.75) is 57.3 Å². The Morgan fingerprint density at radius 2 is 2.11 bits per heavy atom. The van der Waals surface area contributed by atoms with E-state index in [1.165, 1.54) is 10.9 Å². The molecule has 12 nitrogen and oxygen atoms in total. The minimum absolute atomic E-state index is 0.00506. The molecule has 0 amide bonds. The molecule has 0 aromatic carbocycles. The molecule has 1 fully saturated rings. The second-order valence-electron chi connectivity index (χ2n) is 7.70. The molecule has 190 valence electrons. The van der Waals surface area contributed by atoms with Crippen LogP contribution in [0.15, 0.2) is 18.2 Å². The summed E-state index contributed by atoms with van der Waals surface area (Å²) in [6.45, 7) is 6.13. The van der Waals surface area contributed by atoms with E-state index < -0.39 is 36.0 Å². The van der Waals surface area contributed by atoms with Gasteiger partial charge >= 0.3 is 11.5 Å². The molecule has 2 aliphatic rings.